The van der Waals surface area contributed by atoms with Crippen molar-refractivity contribution in [3.8, 4) is 11.3 Å². The molecule has 0 unspecified atom stereocenters. The highest BCUT2D eigenvalue weighted by Crippen LogP contribution is 2.31. The van der Waals surface area contributed by atoms with Crippen LogP contribution in [0.4, 0.5) is 11.8 Å². The Morgan fingerprint density at radius 3 is 2.25 bits per heavy atom. The van der Waals surface area contributed by atoms with E-state index in [-0.39, 0.29) is 5.56 Å². The minimum atomic E-state index is -0.978. The van der Waals surface area contributed by atoms with Crippen molar-refractivity contribution < 1.29 is 9.90 Å². The molecule has 1 N–H and O–H groups in total. The summed E-state index contributed by atoms with van der Waals surface area (Å²) in [5.74, 6) is 0.513. The lowest BCUT2D eigenvalue weighted by Gasteiger charge is -2.36. The molecule has 8 heteroatoms. The number of hydrogen-bond acceptors (Lipinski definition) is 7. The van der Waals surface area contributed by atoms with Crippen molar-refractivity contribution >= 4 is 28.8 Å². The molecule has 0 aliphatic carbocycles. The van der Waals surface area contributed by atoms with Crippen molar-refractivity contribution in [3.63, 3.8) is 0 Å². The van der Waals surface area contributed by atoms with Crippen molar-refractivity contribution in [3.05, 3.63) is 72.1 Å². The van der Waals surface area contributed by atoms with Crippen LogP contribution in [-0.4, -0.2) is 57.2 Å². The van der Waals surface area contributed by atoms with Gasteiger partial charge in [-0.1, -0.05) is 30.3 Å². The van der Waals surface area contributed by atoms with Gasteiger partial charge in [-0.2, -0.15) is 0 Å². The molecule has 3 heterocycles. The zero-order valence-electron chi connectivity index (χ0n) is 17.6. The van der Waals surface area contributed by atoms with Gasteiger partial charge < -0.3 is 14.9 Å². The minimum Gasteiger partial charge on any atom is -0.478 e. The van der Waals surface area contributed by atoms with Gasteiger partial charge in [0.15, 0.2) is 5.82 Å². The van der Waals surface area contributed by atoms with E-state index in [0.717, 1.165) is 54.8 Å². The van der Waals surface area contributed by atoms with Crippen molar-refractivity contribution in [2.75, 3.05) is 36.0 Å². The minimum absolute atomic E-state index is 0.201. The first-order valence-corrected chi connectivity index (χ1v) is 10.5. The van der Waals surface area contributed by atoms with Crippen LogP contribution in [0, 0.1) is 6.92 Å². The van der Waals surface area contributed by atoms with Crippen LogP contribution >= 0.6 is 0 Å². The number of piperazine rings is 1. The molecule has 1 saturated heterocycles. The normalized spacial score (nSPS) is 14.0. The van der Waals surface area contributed by atoms with Gasteiger partial charge in [0.1, 0.15) is 5.69 Å². The van der Waals surface area contributed by atoms with Gasteiger partial charge in [-0.15, -0.1) is 0 Å². The van der Waals surface area contributed by atoms with E-state index < -0.39 is 5.97 Å². The Balaban J connectivity index is 1.51. The highest BCUT2D eigenvalue weighted by molar-refractivity contribution is 5.93. The SMILES string of the molecule is Cc1cnc(N2CCN(c3nc4cc(C(=O)O)ccc4nc3-c3ccccc3)CC2)nc1. The molecule has 1 aliphatic rings. The lowest BCUT2D eigenvalue weighted by atomic mass is 10.1. The summed E-state index contributed by atoms with van der Waals surface area (Å²) >= 11 is 0. The number of aryl methyl sites for hydroxylation is 1. The number of fused-ring (bicyclic) bond motifs is 1. The molecule has 1 fully saturated rings. The maximum absolute atomic E-state index is 11.4. The van der Waals surface area contributed by atoms with E-state index in [4.69, 9.17) is 9.97 Å². The number of nitrogens with zero attached hydrogens (tertiary/aromatic N) is 6. The van der Waals surface area contributed by atoms with Crippen LogP contribution in [0.5, 0.6) is 0 Å². The fourth-order valence-electron chi connectivity index (χ4n) is 3.86. The number of carboxylic acid groups (broad SMARTS) is 1. The van der Waals surface area contributed by atoms with Crippen LogP contribution in [-0.2, 0) is 0 Å². The number of benzene rings is 2. The Morgan fingerprint density at radius 1 is 0.875 bits per heavy atom. The number of hydrogen-bond donors (Lipinski definition) is 1. The molecule has 32 heavy (non-hydrogen) atoms. The summed E-state index contributed by atoms with van der Waals surface area (Å²) in [6.45, 7) is 4.95. The molecule has 0 bridgehead atoms. The van der Waals surface area contributed by atoms with Crippen molar-refractivity contribution in [2.45, 2.75) is 6.92 Å². The van der Waals surface area contributed by atoms with Gasteiger partial charge in [-0.25, -0.2) is 24.7 Å². The van der Waals surface area contributed by atoms with Gasteiger partial charge >= 0.3 is 5.97 Å². The van der Waals surface area contributed by atoms with E-state index in [1.54, 1.807) is 18.2 Å². The monoisotopic (exact) mass is 426 g/mol. The Labute approximate surface area is 185 Å². The fraction of sp³-hybridized carbons (Fsp3) is 0.208. The largest absolute Gasteiger partial charge is 0.478 e. The molecule has 8 nitrogen and oxygen atoms in total. The number of carboxylic acids is 1. The van der Waals surface area contributed by atoms with Gasteiger partial charge in [0.05, 0.1) is 16.6 Å². The summed E-state index contributed by atoms with van der Waals surface area (Å²) in [4.78, 5) is 34.4. The van der Waals surface area contributed by atoms with E-state index in [1.807, 2.05) is 49.6 Å². The summed E-state index contributed by atoms with van der Waals surface area (Å²) in [7, 11) is 0. The first kappa shape index (κ1) is 19.9. The van der Waals surface area contributed by atoms with Gasteiger partial charge in [-0.05, 0) is 30.7 Å². The molecule has 1 aliphatic heterocycles. The van der Waals surface area contributed by atoms with Crippen LogP contribution in [0.15, 0.2) is 60.9 Å². The maximum Gasteiger partial charge on any atom is 0.335 e. The first-order valence-electron chi connectivity index (χ1n) is 10.5. The highest BCUT2D eigenvalue weighted by Gasteiger charge is 2.24. The van der Waals surface area contributed by atoms with Gasteiger partial charge in [0, 0.05) is 44.1 Å². The second-order valence-electron chi connectivity index (χ2n) is 7.81. The molecule has 2 aromatic carbocycles. The Hall–Kier alpha value is -4.07. The fourth-order valence-corrected chi connectivity index (χ4v) is 3.86. The van der Waals surface area contributed by atoms with E-state index >= 15 is 0 Å². The number of aromatic carboxylic acids is 1. The predicted molar refractivity (Wildman–Crippen MR) is 123 cm³/mol. The van der Waals surface area contributed by atoms with Crippen LogP contribution < -0.4 is 9.80 Å². The molecule has 0 saturated carbocycles. The quantitative estimate of drug-likeness (QED) is 0.530. The molecule has 0 spiro atoms. The van der Waals surface area contributed by atoms with Gasteiger partial charge in [0.25, 0.3) is 0 Å². The van der Waals surface area contributed by atoms with Crippen molar-refractivity contribution in [2.24, 2.45) is 0 Å². The molecule has 160 valence electrons. The Kier molecular flexibility index (Phi) is 5.10. The summed E-state index contributed by atoms with van der Waals surface area (Å²) in [6, 6.07) is 14.8. The highest BCUT2D eigenvalue weighted by atomic mass is 16.4. The Bertz CT molecular complexity index is 1270. The van der Waals surface area contributed by atoms with Crippen LogP contribution in [0.25, 0.3) is 22.3 Å². The van der Waals surface area contributed by atoms with E-state index in [0.29, 0.717) is 11.0 Å². The van der Waals surface area contributed by atoms with Crippen molar-refractivity contribution in [1.29, 1.82) is 0 Å². The molecule has 0 amide bonds. The standard InChI is InChI=1S/C24H22N6O2/c1-16-14-25-24(26-15-16)30-11-9-29(10-12-30)22-21(17-5-3-2-4-6-17)27-19-8-7-18(23(31)32)13-20(19)28-22/h2-8,13-15H,9-12H2,1H3,(H,31,32). The lowest BCUT2D eigenvalue weighted by molar-refractivity contribution is 0.0697. The molecule has 0 atom stereocenters. The van der Waals surface area contributed by atoms with Crippen LogP contribution in [0.3, 0.4) is 0 Å². The zero-order valence-corrected chi connectivity index (χ0v) is 17.6. The molecule has 2 aromatic heterocycles. The summed E-state index contributed by atoms with van der Waals surface area (Å²) in [5, 5.41) is 9.37. The zero-order chi connectivity index (χ0) is 22.1. The molecule has 5 rings (SSSR count). The predicted octanol–water partition coefficient (Wildman–Crippen LogP) is 3.42. The topological polar surface area (TPSA) is 95.3 Å². The third-order valence-electron chi connectivity index (χ3n) is 5.57. The third kappa shape index (κ3) is 3.82. The number of aromatic nitrogens is 4. The number of carbonyl (C=O) groups is 1. The lowest BCUT2D eigenvalue weighted by Crippen LogP contribution is -2.47. The van der Waals surface area contributed by atoms with Crippen LogP contribution in [0.1, 0.15) is 15.9 Å². The second kappa shape index (κ2) is 8.22. The molecule has 0 radical (unpaired) electrons. The second-order valence-corrected chi connectivity index (χ2v) is 7.81. The van der Waals surface area contributed by atoms with Crippen LogP contribution in [0.2, 0.25) is 0 Å². The smallest absolute Gasteiger partial charge is 0.335 e. The molecular weight excluding hydrogens is 404 g/mol. The van der Waals surface area contributed by atoms with E-state index in [9.17, 15) is 9.90 Å². The Morgan fingerprint density at radius 2 is 1.56 bits per heavy atom. The van der Waals surface area contributed by atoms with Gasteiger partial charge in [0.2, 0.25) is 5.95 Å². The number of anilines is 2. The summed E-state index contributed by atoms with van der Waals surface area (Å²) in [6.07, 6.45) is 3.66. The van der Waals surface area contributed by atoms with E-state index in [2.05, 4.69) is 19.8 Å². The average Bonchev–Trinajstić information content (AvgIpc) is 2.84. The summed E-state index contributed by atoms with van der Waals surface area (Å²) in [5.41, 5.74) is 4.25. The average molecular weight is 426 g/mol. The van der Waals surface area contributed by atoms with E-state index in [1.165, 1.54) is 0 Å². The summed E-state index contributed by atoms with van der Waals surface area (Å²) < 4.78 is 0. The third-order valence-corrected chi connectivity index (χ3v) is 5.57. The number of rotatable bonds is 4. The van der Waals surface area contributed by atoms with Crippen molar-refractivity contribution in [1.82, 2.24) is 19.9 Å². The first-order chi connectivity index (χ1) is 15.6. The van der Waals surface area contributed by atoms with Gasteiger partial charge in [-0.3, -0.25) is 0 Å². The molecule has 4 aromatic rings. The maximum atomic E-state index is 11.4. The molecular formula is C24H22N6O2.